The van der Waals surface area contributed by atoms with Gasteiger partial charge in [-0.25, -0.2) is 0 Å². The van der Waals surface area contributed by atoms with Gasteiger partial charge in [0.1, 0.15) is 12.5 Å². The van der Waals surface area contributed by atoms with Crippen LogP contribution in [0.5, 0.6) is 0 Å². The number of Topliss-reactive ketones (excluding diaryl/α,β-unsaturated/α-hetero) is 1. The summed E-state index contributed by atoms with van der Waals surface area (Å²) in [6, 6.07) is 9.22. The van der Waals surface area contributed by atoms with Gasteiger partial charge in [0.05, 0.1) is 46.2 Å². The third-order valence-electron chi connectivity index (χ3n) is 4.57. The van der Waals surface area contributed by atoms with E-state index in [0.29, 0.717) is 45.2 Å². The second kappa shape index (κ2) is 11.2. The first kappa shape index (κ1) is 21.6. The van der Waals surface area contributed by atoms with E-state index in [1.807, 2.05) is 30.3 Å². The summed E-state index contributed by atoms with van der Waals surface area (Å²) in [5.74, 6) is -1.43. The van der Waals surface area contributed by atoms with E-state index in [4.69, 9.17) is 23.7 Å². The molecule has 2 heterocycles. The van der Waals surface area contributed by atoms with E-state index in [0.717, 1.165) is 5.69 Å². The molecule has 0 saturated carbocycles. The Morgan fingerprint density at radius 3 is 2.41 bits per heavy atom. The number of rotatable bonds is 5. The monoisotopic (exact) mass is 405 g/mol. The molecule has 8 nitrogen and oxygen atoms in total. The molecule has 1 saturated heterocycles. The summed E-state index contributed by atoms with van der Waals surface area (Å²) in [4.78, 5) is 27.0. The molecule has 0 aliphatic carbocycles. The molecule has 0 bridgehead atoms. The van der Waals surface area contributed by atoms with Crippen LogP contribution in [0.25, 0.3) is 0 Å². The lowest BCUT2D eigenvalue weighted by Gasteiger charge is -2.20. The molecule has 1 aromatic carbocycles. The van der Waals surface area contributed by atoms with Crippen molar-refractivity contribution in [1.29, 1.82) is 0 Å². The number of carbonyl (C=O) groups excluding carboxylic acids is 2. The molecule has 29 heavy (non-hydrogen) atoms. The number of ether oxygens (including phenoxy) is 5. The van der Waals surface area contributed by atoms with Crippen LogP contribution in [0.2, 0.25) is 0 Å². The summed E-state index contributed by atoms with van der Waals surface area (Å²) < 4.78 is 27.4. The molecule has 158 valence electrons. The molecular weight excluding hydrogens is 378 g/mol. The largest absolute Gasteiger partial charge is 0.377 e. The number of hydrogen-bond acceptors (Lipinski definition) is 7. The van der Waals surface area contributed by atoms with Gasteiger partial charge in [-0.1, -0.05) is 18.2 Å². The summed E-state index contributed by atoms with van der Waals surface area (Å²) >= 11 is 0. The molecule has 3 rings (SSSR count). The summed E-state index contributed by atoms with van der Waals surface area (Å²) in [5, 5.41) is 0. The molecule has 2 aliphatic heterocycles. The van der Waals surface area contributed by atoms with Gasteiger partial charge in [-0.2, -0.15) is 0 Å². The van der Waals surface area contributed by atoms with Crippen LogP contribution in [0, 0.1) is 5.92 Å². The number of carbonyl (C=O) groups is 2. The number of anilines is 1. The third-order valence-corrected chi connectivity index (χ3v) is 4.57. The maximum absolute atomic E-state index is 12.8. The predicted molar refractivity (Wildman–Crippen MR) is 104 cm³/mol. The molecule has 0 spiro atoms. The topological polar surface area (TPSA) is 83.5 Å². The number of hydrogen-bond donors (Lipinski definition) is 0. The van der Waals surface area contributed by atoms with E-state index in [-0.39, 0.29) is 24.9 Å². The number of benzene rings is 1. The van der Waals surface area contributed by atoms with Crippen LogP contribution in [0.3, 0.4) is 0 Å². The Morgan fingerprint density at radius 1 is 1.03 bits per heavy atom. The molecule has 1 fully saturated rings. The summed E-state index contributed by atoms with van der Waals surface area (Å²) in [7, 11) is 0. The lowest BCUT2D eigenvalue weighted by molar-refractivity contribution is -0.186. The van der Waals surface area contributed by atoms with Crippen LogP contribution in [0.15, 0.2) is 42.1 Å². The van der Waals surface area contributed by atoms with Crippen molar-refractivity contribution in [2.24, 2.45) is 5.92 Å². The van der Waals surface area contributed by atoms with Crippen molar-refractivity contribution in [2.75, 3.05) is 57.8 Å². The standard InChI is InChI=1S/C21H27NO7/c1-16-13-22(17-5-3-2-4-6-17)21(24)20(16)18(23)14-29-19-15-27-10-9-25-7-8-26-11-12-28-19/h2-6,13,19-20H,7-12,14-15H2,1H3. The zero-order chi connectivity index (χ0) is 20.5. The van der Waals surface area contributed by atoms with E-state index in [2.05, 4.69) is 0 Å². The second-order valence-electron chi connectivity index (χ2n) is 6.73. The van der Waals surface area contributed by atoms with Crippen LogP contribution in [0.4, 0.5) is 5.69 Å². The number of amides is 1. The van der Waals surface area contributed by atoms with Crippen LogP contribution < -0.4 is 4.90 Å². The molecule has 0 N–H and O–H groups in total. The quantitative estimate of drug-likeness (QED) is 0.687. The fourth-order valence-electron chi connectivity index (χ4n) is 3.12. The van der Waals surface area contributed by atoms with Crippen molar-refractivity contribution >= 4 is 17.4 Å². The third kappa shape index (κ3) is 6.19. The average Bonchev–Trinajstić information content (AvgIpc) is 3.02. The average molecular weight is 405 g/mol. The Bertz CT molecular complexity index is 694. The van der Waals surface area contributed by atoms with Gasteiger partial charge >= 0.3 is 0 Å². The maximum Gasteiger partial charge on any atom is 0.245 e. The first-order valence-corrected chi connectivity index (χ1v) is 9.72. The molecule has 2 unspecified atom stereocenters. The van der Waals surface area contributed by atoms with Crippen LogP contribution in [-0.4, -0.2) is 70.8 Å². The van der Waals surface area contributed by atoms with Crippen molar-refractivity contribution in [3.8, 4) is 0 Å². The Morgan fingerprint density at radius 2 is 1.69 bits per heavy atom. The van der Waals surface area contributed by atoms with E-state index in [9.17, 15) is 9.59 Å². The lowest BCUT2D eigenvalue weighted by Crippen LogP contribution is -2.35. The van der Waals surface area contributed by atoms with Crippen molar-refractivity contribution in [2.45, 2.75) is 13.2 Å². The van der Waals surface area contributed by atoms with Gasteiger partial charge in [0, 0.05) is 11.9 Å². The molecule has 1 amide bonds. The number of ketones is 1. The SMILES string of the molecule is CC1=CN(c2ccccc2)C(=O)C1C(=O)COC1COCCOCCOCCO1. The smallest absolute Gasteiger partial charge is 0.245 e. The molecule has 8 heteroatoms. The highest BCUT2D eigenvalue weighted by Gasteiger charge is 2.37. The zero-order valence-corrected chi connectivity index (χ0v) is 16.6. The second-order valence-corrected chi connectivity index (χ2v) is 6.73. The van der Waals surface area contributed by atoms with Crippen LogP contribution in [-0.2, 0) is 33.3 Å². The Kier molecular flexibility index (Phi) is 8.33. The van der Waals surface area contributed by atoms with Gasteiger partial charge in [-0.3, -0.25) is 14.5 Å². The first-order chi connectivity index (χ1) is 14.2. The van der Waals surface area contributed by atoms with E-state index < -0.39 is 12.2 Å². The van der Waals surface area contributed by atoms with Gasteiger partial charge in [0.15, 0.2) is 12.1 Å². The highest BCUT2D eigenvalue weighted by molar-refractivity contribution is 6.14. The summed E-state index contributed by atoms with van der Waals surface area (Å²) in [5.41, 5.74) is 1.42. The van der Waals surface area contributed by atoms with E-state index >= 15 is 0 Å². The zero-order valence-electron chi connectivity index (χ0n) is 16.6. The van der Waals surface area contributed by atoms with Crippen molar-refractivity contribution in [3.63, 3.8) is 0 Å². The lowest BCUT2D eigenvalue weighted by atomic mass is 9.98. The molecular formula is C21H27NO7. The summed E-state index contributed by atoms with van der Waals surface area (Å²) in [6.07, 6.45) is 0.987. The maximum atomic E-state index is 12.8. The Balaban J connectivity index is 1.53. The molecule has 2 aliphatic rings. The highest BCUT2D eigenvalue weighted by atomic mass is 16.7. The Hall–Kier alpha value is -2.10. The fourth-order valence-corrected chi connectivity index (χ4v) is 3.12. The molecule has 1 aromatic rings. The first-order valence-electron chi connectivity index (χ1n) is 9.72. The minimum Gasteiger partial charge on any atom is -0.377 e. The van der Waals surface area contributed by atoms with Crippen LogP contribution in [0.1, 0.15) is 6.92 Å². The van der Waals surface area contributed by atoms with Gasteiger partial charge < -0.3 is 23.7 Å². The van der Waals surface area contributed by atoms with E-state index in [1.165, 1.54) is 4.90 Å². The minimum absolute atomic E-state index is 0.167. The van der Waals surface area contributed by atoms with E-state index in [1.54, 1.807) is 13.1 Å². The van der Waals surface area contributed by atoms with Crippen LogP contribution >= 0.6 is 0 Å². The van der Waals surface area contributed by atoms with Crippen molar-refractivity contribution in [3.05, 3.63) is 42.1 Å². The fraction of sp³-hybridized carbons (Fsp3) is 0.524. The molecule has 2 atom stereocenters. The molecule has 0 aromatic heterocycles. The highest BCUT2D eigenvalue weighted by Crippen LogP contribution is 2.28. The summed E-state index contributed by atoms with van der Waals surface area (Å²) in [6.45, 7) is 4.25. The van der Waals surface area contributed by atoms with Crippen molar-refractivity contribution < 1.29 is 33.3 Å². The minimum atomic E-state index is -0.848. The van der Waals surface area contributed by atoms with Gasteiger partial charge in [0.2, 0.25) is 5.91 Å². The van der Waals surface area contributed by atoms with Gasteiger partial charge in [-0.05, 0) is 24.6 Å². The Labute approximate surface area is 170 Å². The number of nitrogens with zero attached hydrogens (tertiary/aromatic N) is 1. The number of para-hydroxylation sites is 1. The predicted octanol–water partition coefficient (Wildman–Crippen LogP) is 1.54. The van der Waals surface area contributed by atoms with Gasteiger partial charge in [0.25, 0.3) is 0 Å². The normalized spacial score (nSPS) is 24.5. The van der Waals surface area contributed by atoms with Crippen molar-refractivity contribution in [1.82, 2.24) is 0 Å². The van der Waals surface area contributed by atoms with Gasteiger partial charge in [-0.15, -0.1) is 0 Å². The molecule has 0 radical (unpaired) electrons.